The quantitative estimate of drug-likeness (QED) is 0.683. The molecular formula is C17H35N3O2. The zero-order valence-electron chi connectivity index (χ0n) is 15.2. The number of hydrogen-bond acceptors (Lipinski definition) is 4. The van der Waals surface area contributed by atoms with E-state index in [-0.39, 0.29) is 17.7 Å². The molecule has 1 saturated carbocycles. The molecule has 5 heteroatoms. The van der Waals surface area contributed by atoms with Gasteiger partial charge in [-0.1, -0.05) is 0 Å². The molecule has 130 valence electrons. The molecule has 1 rings (SSSR count). The molecule has 1 fully saturated rings. The van der Waals surface area contributed by atoms with Gasteiger partial charge < -0.3 is 20.7 Å². The van der Waals surface area contributed by atoms with Crippen molar-refractivity contribution in [2.45, 2.75) is 90.4 Å². The van der Waals surface area contributed by atoms with Gasteiger partial charge in [0.05, 0.1) is 0 Å². The second-order valence-electron chi connectivity index (χ2n) is 8.33. The van der Waals surface area contributed by atoms with Crippen molar-refractivity contribution in [3.8, 4) is 0 Å². The first-order valence-corrected chi connectivity index (χ1v) is 8.53. The summed E-state index contributed by atoms with van der Waals surface area (Å²) in [6.45, 7) is 14.2. The van der Waals surface area contributed by atoms with Gasteiger partial charge in [-0.2, -0.15) is 0 Å². The summed E-state index contributed by atoms with van der Waals surface area (Å²) in [5.41, 5.74) is -0.250. The van der Waals surface area contributed by atoms with Crippen molar-refractivity contribution < 1.29 is 9.53 Å². The van der Waals surface area contributed by atoms with Gasteiger partial charge in [0.2, 0.25) is 0 Å². The van der Waals surface area contributed by atoms with Gasteiger partial charge in [0.1, 0.15) is 5.60 Å². The molecule has 1 amide bonds. The molecule has 0 spiro atoms. The van der Waals surface area contributed by atoms with E-state index in [1.54, 1.807) is 0 Å². The summed E-state index contributed by atoms with van der Waals surface area (Å²) in [4.78, 5) is 11.8. The zero-order valence-corrected chi connectivity index (χ0v) is 15.2. The summed E-state index contributed by atoms with van der Waals surface area (Å²) < 4.78 is 5.30. The van der Waals surface area contributed by atoms with E-state index in [1.807, 2.05) is 20.8 Å². The summed E-state index contributed by atoms with van der Waals surface area (Å²) in [6.07, 6.45) is 3.96. The Kier molecular flexibility index (Phi) is 7.13. The highest BCUT2D eigenvalue weighted by molar-refractivity contribution is 5.68. The minimum atomic E-state index is -0.428. The van der Waals surface area contributed by atoms with Gasteiger partial charge in [-0.25, -0.2) is 4.79 Å². The number of nitrogens with one attached hydrogen (secondary N) is 3. The Balaban J connectivity index is 2.14. The molecule has 0 aromatic carbocycles. The van der Waals surface area contributed by atoms with Crippen LogP contribution in [-0.2, 0) is 4.74 Å². The Morgan fingerprint density at radius 1 is 0.955 bits per heavy atom. The predicted octanol–water partition coefficient (Wildman–Crippen LogP) is 2.80. The summed E-state index contributed by atoms with van der Waals surface area (Å²) >= 11 is 0. The number of ether oxygens (including phenoxy) is 1. The Labute approximate surface area is 135 Å². The van der Waals surface area contributed by atoms with E-state index in [2.05, 4.69) is 36.7 Å². The van der Waals surface area contributed by atoms with E-state index < -0.39 is 5.60 Å². The minimum absolute atomic E-state index is 0.177. The summed E-state index contributed by atoms with van der Waals surface area (Å²) in [5, 5.41) is 10.1. The fraction of sp³-hybridized carbons (Fsp3) is 0.941. The molecule has 0 aliphatic heterocycles. The highest BCUT2D eigenvalue weighted by Gasteiger charge is 2.24. The van der Waals surface area contributed by atoms with Crippen LogP contribution in [-0.4, -0.2) is 42.4 Å². The van der Waals surface area contributed by atoms with Gasteiger partial charge in [0.15, 0.2) is 0 Å². The SMILES string of the molecule is CC(C)(C)NCCNC1CCC(NC(=O)OC(C)(C)C)CC1. The Morgan fingerprint density at radius 3 is 2.00 bits per heavy atom. The van der Waals surface area contributed by atoms with Crippen molar-refractivity contribution in [3.05, 3.63) is 0 Å². The highest BCUT2D eigenvalue weighted by atomic mass is 16.6. The first-order valence-electron chi connectivity index (χ1n) is 8.53. The van der Waals surface area contributed by atoms with E-state index in [1.165, 1.54) is 0 Å². The first-order chi connectivity index (χ1) is 10.1. The fourth-order valence-corrected chi connectivity index (χ4v) is 2.63. The van der Waals surface area contributed by atoms with Crippen molar-refractivity contribution in [1.29, 1.82) is 0 Å². The third kappa shape index (κ3) is 9.26. The van der Waals surface area contributed by atoms with Crippen LogP contribution in [0.15, 0.2) is 0 Å². The third-order valence-corrected chi connectivity index (χ3v) is 3.66. The lowest BCUT2D eigenvalue weighted by molar-refractivity contribution is 0.0490. The van der Waals surface area contributed by atoms with Crippen molar-refractivity contribution >= 4 is 6.09 Å². The number of alkyl carbamates (subject to hydrolysis) is 1. The van der Waals surface area contributed by atoms with Crippen LogP contribution in [0.5, 0.6) is 0 Å². The van der Waals surface area contributed by atoms with Crippen molar-refractivity contribution in [2.24, 2.45) is 0 Å². The van der Waals surface area contributed by atoms with Gasteiger partial charge in [-0.05, 0) is 67.2 Å². The lowest BCUT2D eigenvalue weighted by Gasteiger charge is -2.31. The predicted molar refractivity (Wildman–Crippen MR) is 91.2 cm³/mol. The molecule has 0 atom stereocenters. The average Bonchev–Trinajstić information content (AvgIpc) is 2.33. The second-order valence-corrected chi connectivity index (χ2v) is 8.33. The number of amides is 1. The van der Waals surface area contributed by atoms with E-state index in [0.29, 0.717) is 6.04 Å². The molecule has 3 N–H and O–H groups in total. The summed E-state index contributed by atoms with van der Waals surface area (Å²) in [6, 6.07) is 0.819. The third-order valence-electron chi connectivity index (χ3n) is 3.66. The van der Waals surface area contributed by atoms with Crippen LogP contribution >= 0.6 is 0 Å². The molecule has 0 aromatic heterocycles. The van der Waals surface area contributed by atoms with Crippen LogP contribution in [0.2, 0.25) is 0 Å². The normalized spacial score (nSPS) is 23.2. The molecule has 0 heterocycles. The average molecular weight is 313 g/mol. The number of rotatable bonds is 5. The molecule has 0 radical (unpaired) electrons. The van der Waals surface area contributed by atoms with E-state index in [0.717, 1.165) is 38.8 Å². The molecule has 1 aliphatic rings. The molecule has 0 saturated heterocycles. The van der Waals surface area contributed by atoms with E-state index in [4.69, 9.17) is 4.74 Å². The van der Waals surface area contributed by atoms with Gasteiger partial charge in [0, 0.05) is 30.7 Å². The van der Waals surface area contributed by atoms with Crippen LogP contribution in [0.25, 0.3) is 0 Å². The molecular weight excluding hydrogens is 278 g/mol. The Morgan fingerprint density at radius 2 is 1.50 bits per heavy atom. The summed E-state index contributed by atoms with van der Waals surface area (Å²) in [7, 11) is 0. The molecule has 5 nitrogen and oxygen atoms in total. The van der Waals surface area contributed by atoms with Crippen molar-refractivity contribution in [3.63, 3.8) is 0 Å². The summed E-state index contributed by atoms with van der Waals surface area (Å²) in [5.74, 6) is 0. The zero-order chi connectivity index (χ0) is 16.8. The minimum Gasteiger partial charge on any atom is -0.444 e. The molecule has 0 unspecified atom stereocenters. The topological polar surface area (TPSA) is 62.4 Å². The second kappa shape index (κ2) is 8.16. The van der Waals surface area contributed by atoms with Crippen LogP contribution in [0, 0.1) is 0 Å². The van der Waals surface area contributed by atoms with Crippen LogP contribution in [0.1, 0.15) is 67.2 Å². The molecule has 0 aromatic rings. The lowest BCUT2D eigenvalue weighted by Crippen LogP contribution is -2.46. The van der Waals surface area contributed by atoms with E-state index >= 15 is 0 Å². The lowest BCUT2D eigenvalue weighted by atomic mass is 9.91. The van der Waals surface area contributed by atoms with Gasteiger partial charge in [-0.15, -0.1) is 0 Å². The van der Waals surface area contributed by atoms with Crippen molar-refractivity contribution in [2.75, 3.05) is 13.1 Å². The Bertz CT molecular complexity index is 337. The number of carbonyl (C=O) groups excluding carboxylic acids is 1. The van der Waals surface area contributed by atoms with Crippen molar-refractivity contribution in [1.82, 2.24) is 16.0 Å². The number of carbonyl (C=O) groups is 1. The monoisotopic (exact) mass is 313 g/mol. The molecule has 22 heavy (non-hydrogen) atoms. The standard InChI is InChI=1S/C17H35N3O2/c1-16(2,3)19-12-11-18-13-7-9-14(10-8-13)20-15(21)22-17(4,5)6/h13-14,18-19H,7-12H2,1-6H3,(H,20,21). The van der Waals surface area contributed by atoms with Gasteiger partial charge in [0.25, 0.3) is 0 Å². The maximum Gasteiger partial charge on any atom is 0.407 e. The smallest absolute Gasteiger partial charge is 0.407 e. The number of hydrogen-bond donors (Lipinski definition) is 3. The maximum atomic E-state index is 11.8. The highest BCUT2D eigenvalue weighted by Crippen LogP contribution is 2.19. The van der Waals surface area contributed by atoms with Crippen LogP contribution in [0.4, 0.5) is 4.79 Å². The maximum absolute atomic E-state index is 11.8. The van der Waals surface area contributed by atoms with Crippen LogP contribution in [0.3, 0.4) is 0 Å². The largest absolute Gasteiger partial charge is 0.444 e. The van der Waals surface area contributed by atoms with E-state index in [9.17, 15) is 4.79 Å². The van der Waals surface area contributed by atoms with Gasteiger partial charge in [-0.3, -0.25) is 0 Å². The van der Waals surface area contributed by atoms with Crippen LogP contribution < -0.4 is 16.0 Å². The van der Waals surface area contributed by atoms with Gasteiger partial charge >= 0.3 is 6.09 Å². The fourth-order valence-electron chi connectivity index (χ4n) is 2.63. The Hall–Kier alpha value is -0.810. The molecule has 1 aliphatic carbocycles. The molecule has 0 bridgehead atoms. The first kappa shape index (κ1) is 19.2.